The number of nitrogens with one attached hydrogen (secondary N) is 2. The molecule has 0 saturated carbocycles. The molecule has 210 valence electrons. The lowest BCUT2D eigenvalue weighted by molar-refractivity contribution is -0.139. The number of amides is 1. The van der Waals surface area contributed by atoms with Crippen LogP contribution in [0, 0.1) is 11.3 Å². The Morgan fingerprint density at radius 1 is 1.05 bits per heavy atom. The van der Waals surface area contributed by atoms with Crippen molar-refractivity contribution in [3.05, 3.63) is 117 Å². The number of hydrogen-bond donors (Lipinski definition) is 2. The summed E-state index contributed by atoms with van der Waals surface area (Å²) in [5.74, 6) is -2.64. The van der Waals surface area contributed by atoms with E-state index in [2.05, 4.69) is 16.7 Å². The molecule has 0 saturated heterocycles. The maximum absolute atomic E-state index is 13.4. The van der Waals surface area contributed by atoms with Crippen molar-refractivity contribution < 1.29 is 27.5 Å². The molecule has 1 aliphatic heterocycles. The number of rotatable bonds is 8. The Balaban J connectivity index is 1.75. The standard InChI is InChI=1S/C30H23ClF3N3O3S/c1-2-40-29(39)26-25(19-12-6-8-14-22(19)31)20(16-35)28(37-27(26)18-10-4-3-5-11-18)41-17-24(38)36-23-15-9-7-13-21(23)30(32,33)34/h3-15,25,37H,2,17H2,1H3,(H,36,38)/t25-/m1/s1. The monoisotopic (exact) mass is 597 g/mol. The number of halogens is 4. The van der Waals surface area contributed by atoms with E-state index < -0.39 is 29.5 Å². The molecule has 1 atom stereocenters. The van der Waals surface area contributed by atoms with E-state index in [-0.39, 0.29) is 34.2 Å². The van der Waals surface area contributed by atoms with E-state index in [0.717, 1.165) is 17.8 Å². The van der Waals surface area contributed by atoms with Gasteiger partial charge in [-0.05, 0) is 36.2 Å². The molecule has 1 heterocycles. The van der Waals surface area contributed by atoms with Crippen molar-refractivity contribution >= 4 is 46.6 Å². The summed E-state index contributed by atoms with van der Waals surface area (Å²) in [4.78, 5) is 26.2. The molecule has 4 rings (SSSR count). The van der Waals surface area contributed by atoms with Crippen LogP contribution in [0.3, 0.4) is 0 Å². The number of benzene rings is 3. The molecule has 41 heavy (non-hydrogen) atoms. The molecule has 0 bridgehead atoms. The van der Waals surface area contributed by atoms with Crippen LogP contribution in [0.25, 0.3) is 5.70 Å². The number of nitriles is 1. The van der Waals surface area contributed by atoms with Gasteiger partial charge in [-0.25, -0.2) is 4.79 Å². The lowest BCUT2D eigenvalue weighted by Gasteiger charge is -2.31. The first-order valence-electron chi connectivity index (χ1n) is 12.4. The highest BCUT2D eigenvalue weighted by atomic mass is 35.5. The zero-order valence-electron chi connectivity index (χ0n) is 21.6. The van der Waals surface area contributed by atoms with Gasteiger partial charge in [0.25, 0.3) is 0 Å². The lowest BCUT2D eigenvalue weighted by atomic mass is 9.81. The average molecular weight is 598 g/mol. The minimum atomic E-state index is -4.65. The van der Waals surface area contributed by atoms with Gasteiger partial charge in [-0.1, -0.05) is 84.0 Å². The topological polar surface area (TPSA) is 91.2 Å². The SMILES string of the molecule is CCOC(=O)C1=C(c2ccccc2)NC(SCC(=O)Nc2ccccc2C(F)(F)F)=C(C#N)[C@H]1c1ccccc1Cl. The summed E-state index contributed by atoms with van der Waals surface area (Å²) in [6.07, 6.45) is -4.65. The molecular weight excluding hydrogens is 575 g/mol. The Labute approximate surface area is 243 Å². The fraction of sp³-hybridized carbons (Fsp3) is 0.167. The van der Waals surface area contributed by atoms with Crippen LogP contribution in [0.2, 0.25) is 5.02 Å². The largest absolute Gasteiger partial charge is 0.463 e. The summed E-state index contributed by atoms with van der Waals surface area (Å²) in [5.41, 5.74) is 0.373. The van der Waals surface area contributed by atoms with Crippen molar-refractivity contribution in [3.63, 3.8) is 0 Å². The normalized spacial score (nSPS) is 15.2. The molecule has 3 aromatic rings. The molecule has 6 nitrogen and oxygen atoms in total. The fourth-order valence-electron chi connectivity index (χ4n) is 4.34. The third kappa shape index (κ3) is 6.76. The molecule has 3 aromatic carbocycles. The number of esters is 1. The second-order valence-corrected chi connectivity index (χ2v) is 10.1. The van der Waals surface area contributed by atoms with Gasteiger partial charge in [0.2, 0.25) is 5.91 Å². The molecule has 0 radical (unpaired) electrons. The Morgan fingerprint density at radius 3 is 2.37 bits per heavy atom. The number of ether oxygens (including phenoxy) is 1. The molecule has 0 spiro atoms. The summed E-state index contributed by atoms with van der Waals surface area (Å²) < 4.78 is 45.6. The summed E-state index contributed by atoms with van der Waals surface area (Å²) in [5, 5.41) is 16.3. The molecule has 0 aromatic heterocycles. The van der Waals surface area contributed by atoms with Crippen LogP contribution in [0.4, 0.5) is 18.9 Å². The van der Waals surface area contributed by atoms with Crippen LogP contribution < -0.4 is 10.6 Å². The Bertz CT molecular complexity index is 1570. The molecule has 1 aliphatic rings. The number of allylic oxidation sites excluding steroid dienone is 1. The van der Waals surface area contributed by atoms with Crippen molar-refractivity contribution in [2.24, 2.45) is 0 Å². The zero-order valence-corrected chi connectivity index (χ0v) is 23.2. The van der Waals surface area contributed by atoms with E-state index in [1.54, 1.807) is 61.5 Å². The number of nitrogens with zero attached hydrogens (tertiary/aromatic N) is 1. The smallest absolute Gasteiger partial charge is 0.418 e. The average Bonchev–Trinajstić information content (AvgIpc) is 2.96. The first kappa shape index (κ1) is 29.8. The van der Waals surface area contributed by atoms with E-state index in [1.807, 2.05) is 0 Å². The maximum atomic E-state index is 13.4. The highest BCUT2D eigenvalue weighted by Gasteiger charge is 2.38. The highest BCUT2D eigenvalue weighted by Crippen LogP contribution is 2.45. The number of hydrogen-bond acceptors (Lipinski definition) is 6. The second-order valence-electron chi connectivity index (χ2n) is 8.69. The van der Waals surface area contributed by atoms with E-state index in [0.29, 0.717) is 21.8 Å². The van der Waals surface area contributed by atoms with Gasteiger partial charge in [-0.3, -0.25) is 4.79 Å². The number of carbonyl (C=O) groups excluding carboxylic acids is 2. The van der Waals surface area contributed by atoms with E-state index >= 15 is 0 Å². The minimum Gasteiger partial charge on any atom is -0.463 e. The van der Waals surface area contributed by atoms with Crippen molar-refractivity contribution in [1.29, 1.82) is 5.26 Å². The molecule has 1 amide bonds. The van der Waals surface area contributed by atoms with Gasteiger partial charge in [0.15, 0.2) is 0 Å². The van der Waals surface area contributed by atoms with Crippen LogP contribution in [0.5, 0.6) is 0 Å². The van der Waals surface area contributed by atoms with Crippen molar-refractivity contribution in [2.45, 2.75) is 19.0 Å². The Morgan fingerprint density at radius 2 is 1.71 bits per heavy atom. The summed E-state index contributed by atoms with van der Waals surface area (Å²) in [6, 6.07) is 22.5. The Kier molecular flexibility index (Phi) is 9.42. The highest BCUT2D eigenvalue weighted by molar-refractivity contribution is 8.03. The first-order valence-corrected chi connectivity index (χ1v) is 13.7. The number of alkyl halides is 3. The number of carbonyl (C=O) groups is 2. The molecule has 0 fully saturated rings. The van der Waals surface area contributed by atoms with Gasteiger partial charge in [0.1, 0.15) is 0 Å². The molecule has 0 unspecified atom stereocenters. The van der Waals surface area contributed by atoms with Gasteiger partial charge in [0, 0.05) is 5.02 Å². The number of para-hydroxylation sites is 1. The van der Waals surface area contributed by atoms with Crippen LogP contribution in [0.1, 0.15) is 29.5 Å². The van der Waals surface area contributed by atoms with Gasteiger partial charge in [-0.15, -0.1) is 0 Å². The molecule has 0 aliphatic carbocycles. The van der Waals surface area contributed by atoms with E-state index in [9.17, 15) is 28.0 Å². The predicted molar refractivity (Wildman–Crippen MR) is 152 cm³/mol. The third-order valence-corrected chi connectivity index (χ3v) is 7.44. The number of dihydropyridines is 1. The van der Waals surface area contributed by atoms with Crippen molar-refractivity contribution in [3.8, 4) is 6.07 Å². The molecule has 11 heteroatoms. The van der Waals surface area contributed by atoms with Gasteiger partial charge in [0.05, 0.1) is 57.5 Å². The van der Waals surface area contributed by atoms with Crippen LogP contribution in [-0.4, -0.2) is 24.2 Å². The summed E-state index contributed by atoms with van der Waals surface area (Å²) in [6.45, 7) is 1.76. The number of thioether (sulfide) groups is 1. The van der Waals surface area contributed by atoms with Crippen LogP contribution in [0.15, 0.2) is 95.0 Å². The zero-order chi connectivity index (χ0) is 29.6. The predicted octanol–water partition coefficient (Wildman–Crippen LogP) is 7.13. The first-order chi connectivity index (χ1) is 19.7. The molecular formula is C30H23ClF3N3O3S. The van der Waals surface area contributed by atoms with Gasteiger partial charge in [-0.2, -0.15) is 18.4 Å². The van der Waals surface area contributed by atoms with Crippen molar-refractivity contribution in [1.82, 2.24) is 5.32 Å². The quantitative estimate of drug-likeness (QED) is 0.269. The van der Waals surface area contributed by atoms with Crippen molar-refractivity contribution in [2.75, 3.05) is 17.7 Å². The second kappa shape index (κ2) is 13.0. The van der Waals surface area contributed by atoms with Gasteiger partial charge >= 0.3 is 12.1 Å². The van der Waals surface area contributed by atoms with E-state index in [1.165, 1.54) is 18.2 Å². The Hall–Kier alpha value is -4.20. The fourth-order valence-corrected chi connectivity index (χ4v) is 5.43. The number of anilines is 1. The summed E-state index contributed by atoms with van der Waals surface area (Å²) >= 11 is 7.47. The lowest BCUT2D eigenvalue weighted by Crippen LogP contribution is -2.30. The van der Waals surface area contributed by atoms with E-state index in [4.69, 9.17) is 16.3 Å². The van der Waals surface area contributed by atoms with Gasteiger partial charge < -0.3 is 15.4 Å². The minimum absolute atomic E-state index is 0.0897. The van der Waals surface area contributed by atoms with Crippen LogP contribution in [-0.2, 0) is 20.5 Å². The van der Waals surface area contributed by atoms with Crippen LogP contribution >= 0.6 is 23.4 Å². The maximum Gasteiger partial charge on any atom is 0.418 e. The third-order valence-electron chi connectivity index (χ3n) is 6.08. The molecule has 2 N–H and O–H groups in total. The summed E-state index contributed by atoms with van der Waals surface area (Å²) in [7, 11) is 0.